The topological polar surface area (TPSA) is 35.2 Å². The molecule has 1 saturated heterocycles. The smallest absolute Gasteiger partial charge is 0.0519 e. The van der Waals surface area contributed by atoms with Crippen molar-refractivity contribution in [1.82, 2.24) is 20.0 Å². The molecule has 1 aliphatic heterocycles. The number of aromatic nitrogens is 2. The van der Waals surface area contributed by atoms with Crippen LogP contribution in [-0.4, -0.2) is 59.0 Å². The van der Waals surface area contributed by atoms with E-state index in [2.05, 4.69) is 50.5 Å². The molecule has 0 radical (unpaired) electrons. The van der Waals surface area contributed by atoms with Crippen LogP contribution >= 0.6 is 11.8 Å². The molecular weight excluding hydrogens is 292 g/mol. The van der Waals surface area contributed by atoms with Crippen LogP contribution in [0.1, 0.15) is 11.1 Å². The van der Waals surface area contributed by atoms with Gasteiger partial charge in [-0.25, -0.2) is 0 Å². The Morgan fingerprint density at radius 3 is 2.41 bits per heavy atom. The van der Waals surface area contributed by atoms with Crippen molar-refractivity contribution in [3.63, 3.8) is 0 Å². The van der Waals surface area contributed by atoms with E-state index in [1.165, 1.54) is 29.1 Å². The summed E-state index contributed by atoms with van der Waals surface area (Å²) in [4.78, 5) is 6.45. The quantitative estimate of drug-likeness (QED) is 0.831. The highest BCUT2D eigenvalue weighted by Gasteiger charge is 2.16. The summed E-state index contributed by atoms with van der Waals surface area (Å²) >= 11 is 1.80. The van der Waals surface area contributed by atoms with E-state index in [0.29, 0.717) is 0 Å². The molecule has 0 unspecified atom stereocenters. The van der Waals surface area contributed by atoms with E-state index in [-0.39, 0.29) is 0 Å². The molecule has 0 atom stereocenters. The van der Waals surface area contributed by atoms with E-state index in [4.69, 9.17) is 0 Å². The van der Waals surface area contributed by atoms with Gasteiger partial charge in [-0.2, -0.15) is 5.10 Å². The van der Waals surface area contributed by atoms with Gasteiger partial charge in [-0.05, 0) is 35.9 Å². The second-order valence-corrected chi connectivity index (χ2v) is 6.70. The zero-order chi connectivity index (χ0) is 15.2. The van der Waals surface area contributed by atoms with Crippen molar-refractivity contribution >= 4 is 11.8 Å². The molecule has 22 heavy (non-hydrogen) atoms. The molecule has 2 heterocycles. The summed E-state index contributed by atoms with van der Waals surface area (Å²) in [6.45, 7) is 6.87. The van der Waals surface area contributed by atoms with Crippen LogP contribution in [0.2, 0.25) is 0 Å². The molecule has 0 bridgehead atoms. The number of piperazine rings is 1. The lowest BCUT2D eigenvalue weighted by Gasteiger charge is -2.34. The van der Waals surface area contributed by atoms with E-state index < -0.39 is 0 Å². The summed E-state index contributed by atoms with van der Waals surface area (Å²) in [5.74, 6) is 0. The van der Waals surface area contributed by atoms with E-state index >= 15 is 0 Å². The minimum atomic E-state index is 1.07. The fourth-order valence-corrected chi connectivity index (χ4v) is 3.27. The van der Waals surface area contributed by atoms with Crippen molar-refractivity contribution in [3.8, 4) is 0 Å². The van der Waals surface area contributed by atoms with Crippen LogP contribution in [0.15, 0.2) is 41.6 Å². The van der Waals surface area contributed by atoms with Crippen LogP contribution in [-0.2, 0) is 13.0 Å². The second kappa shape index (κ2) is 7.81. The summed E-state index contributed by atoms with van der Waals surface area (Å²) in [7, 11) is 0. The van der Waals surface area contributed by atoms with Crippen LogP contribution in [0.25, 0.3) is 0 Å². The summed E-state index contributed by atoms with van der Waals surface area (Å²) in [5, 5.41) is 6.89. The maximum atomic E-state index is 4.00. The molecular formula is C17H24N4S. The zero-order valence-corrected chi connectivity index (χ0v) is 14.0. The molecule has 118 valence electrons. The summed E-state index contributed by atoms with van der Waals surface area (Å²) in [6.07, 6.45) is 7.13. The number of H-pyrrole nitrogens is 1. The maximum Gasteiger partial charge on any atom is 0.0519 e. The van der Waals surface area contributed by atoms with Gasteiger partial charge >= 0.3 is 0 Å². The largest absolute Gasteiger partial charge is 0.300 e. The van der Waals surface area contributed by atoms with Crippen molar-refractivity contribution in [1.29, 1.82) is 0 Å². The first kappa shape index (κ1) is 15.6. The standard InChI is InChI=1S/C17H24N4S/c1-22-17-4-2-15(3-5-17)14-21-10-8-20(9-11-21)7-6-16-12-18-19-13-16/h2-5,12-13H,6-11,14H2,1H3,(H,18,19). The molecule has 5 heteroatoms. The summed E-state index contributed by atoms with van der Waals surface area (Å²) < 4.78 is 0. The number of hydrogen-bond acceptors (Lipinski definition) is 4. The number of hydrogen-bond donors (Lipinski definition) is 1. The minimum Gasteiger partial charge on any atom is -0.300 e. The molecule has 0 spiro atoms. The van der Waals surface area contributed by atoms with E-state index in [9.17, 15) is 0 Å². The van der Waals surface area contributed by atoms with Gasteiger partial charge in [0.15, 0.2) is 0 Å². The number of nitrogens with one attached hydrogen (secondary N) is 1. The lowest BCUT2D eigenvalue weighted by atomic mass is 10.2. The highest BCUT2D eigenvalue weighted by molar-refractivity contribution is 7.98. The molecule has 4 nitrogen and oxygen atoms in total. The van der Waals surface area contributed by atoms with Crippen LogP contribution in [0.3, 0.4) is 0 Å². The van der Waals surface area contributed by atoms with Crippen molar-refractivity contribution < 1.29 is 0 Å². The molecule has 1 aromatic heterocycles. The first-order valence-corrected chi connectivity index (χ1v) is 9.11. The number of aromatic amines is 1. The monoisotopic (exact) mass is 316 g/mol. The predicted molar refractivity (Wildman–Crippen MR) is 92.2 cm³/mol. The van der Waals surface area contributed by atoms with Gasteiger partial charge in [-0.1, -0.05) is 12.1 Å². The van der Waals surface area contributed by atoms with Gasteiger partial charge in [-0.3, -0.25) is 10.00 Å². The van der Waals surface area contributed by atoms with E-state index in [1.807, 2.05) is 12.4 Å². The lowest BCUT2D eigenvalue weighted by Crippen LogP contribution is -2.46. The molecule has 0 saturated carbocycles. The van der Waals surface area contributed by atoms with Crippen molar-refractivity contribution in [2.75, 3.05) is 39.0 Å². The Labute approximate surface area is 136 Å². The zero-order valence-electron chi connectivity index (χ0n) is 13.2. The average Bonchev–Trinajstić information content (AvgIpc) is 3.08. The Bertz CT molecular complexity index is 545. The first-order chi connectivity index (χ1) is 10.8. The number of rotatable bonds is 6. The highest BCUT2D eigenvalue weighted by Crippen LogP contribution is 2.16. The average molecular weight is 316 g/mol. The third kappa shape index (κ3) is 4.35. The van der Waals surface area contributed by atoms with E-state index in [1.54, 1.807) is 11.8 Å². The number of thioether (sulfide) groups is 1. The van der Waals surface area contributed by atoms with Gasteiger partial charge in [0.2, 0.25) is 0 Å². The Kier molecular flexibility index (Phi) is 5.53. The van der Waals surface area contributed by atoms with Crippen molar-refractivity contribution in [2.45, 2.75) is 17.9 Å². The normalized spacial score (nSPS) is 17.0. The molecule has 0 amide bonds. The fraction of sp³-hybridized carbons (Fsp3) is 0.471. The molecule has 3 rings (SSSR count). The van der Waals surface area contributed by atoms with Crippen molar-refractivity contribution in [2.24, 2.45) is 0 Å². The lowest BCUT2D eigenvalue weighted by molar-refractivity contribution is 0.128. The van der Waals surface area contributed by atoms with Crippen LogP contribution in [0.4, 0.5) is 0 Å². The second-order valence-electron chi connectivity index (χ2n) is 5.82. The molecule has 0 aliphatic carbocycles. The Hall–Kier alpha value is -1.30. The van der Waals surface area contributed by atoms with Crippen molar-refractivity contribution in [3.05, 3.63) is 47.8 Å². The molecule has 1 N–H and O–H groups in total. The Balaban J connectivity index is 1.41. The molecule has 2 aromatic rings. The molecule has 1 fully saturated rings. The minimum absolute atomic E-state index is 1.07. The predicted octanol–water partition coefficient (Wildman–Crippen LogP) is 2.49. The summed E-state index contributed by atoms with van der Waals surface area (Å²) in [5.41, 5.74) is 2.72. The number of benzene rings is 1. The van der Waals surface area contributed by atoms with Crippen LogP contribution < -0.4 is 0 Å². The van der Waals surface area contributed by atoms with Gasteiger partial charge < -0.3 is 4.90 Å². The van der Waals surface area contributed by atoms with E-state index in [0.717, 1.165) is 32.6 Å². The maximum absolute atomic E-state index is 4.00. The summed E-state index contributed by atoms with van der Waals surface area (Å²) in [6, 6.07) is 8.97. The van der Waals surface area contributed by atoms with Gasteiger partial charge in [0.1, 0.15) is 0 Å². The fourth-order valence-electron chi connectivity index (χ4n) is 2.86. The SMILES string of the molecule is CSc1ccc(CN2CCN(CCc3cn[nH]c3)CC2)cc1. The number of nitrogens with zero attached hydrogens (tertiary/aromatic N) is 3. The third-order valence-electron chi connectivity index (χ3n) is 4.30. The van der Waals surface area contributed by atoms with Crippen LogP contribution in [0.5, 0.6) is 0 Å². The van der Waals surface area contributed by atoms with Gasteiger partial charge in [0.05, 0.1) is 6.20 Å². The highest BCUT2D eigenvalue weighted by atomic mass is 32.2. The third-order valence-corrected chi connectivity index (χ3v) is 5.05. The Morgan fingerprint density at radius 1 is 1.05 bits per heavy atom. The molecule has 1 aromatic carbocycles. The van der Waals surface area contributed by atoms with Crippen LogP contribution in [0, 0.1) is 0 Å². The van der Waals surface area contributed by atoms with Gasteiger partial charge in [0, 0.05) is 50.4 Å². The first-order valence-electron chi connectivity index (χ1n) is 7.89. The Morgan fingerprint density at radius 2 is 1.77 bits per heavy atom. The van der Waals surface area contributed by atoms with Gasteiger partial charge in [0.25, 0.3) is 0 Å². The molecule has 1 aliphatic rings. The van der Waals surface area contributed by atoms with Gasteiger partial charge in [-0.15, -0.1) is 11.8 Å².